The molecule has 0 aromatic heterocycles. The third-order valence-electron chi connectivity index (χ3n) is 9.88. The van der Waals surface area contributed by atoms with Gasteiger partial charge in [0.1, 0.15) is 0 Å². The van der Waals surface area contributed by atoms with Gasteiger partial charge in [-0.25, -0.2) is 0 Å². The van der Waals surface area contributed by atoms with E-state index >= 15 is 0 Å². The summed E-state index contributed by atoms with van der Waals surface area (Å²) in [6.45, 7) is 3.60. The lowest BCUT2D eigenvalue weighted by Gasteiger charge is -2.46. The third kappa shape index (κ3) is 8.09. The zero-order valence-electron chi connectivity index (χ0n) is 33.5. The molecule has 2 aliphatic heterocycles. The number of benzene rings is 4. The van der Waals surface area contributed by atoms with Gasteiger partial charge in [0, 0.05) is 24.3 Å². The van der Waals surface area contributed by atoms with Crippen molar-refractivity contribution in [1.82, 2.24) is 0 Å². The quantitative estimate of drug-likeness (QED) is 0.112. The van der Waals surface area contributed by atoms with Crippen LogP contribution >= 0.6 is 0 Å². The Kier molecular flexibility index (Phi) is 12.9. The van der Waals surface area contributed by atoms with E-state index in [4.69, 9.17) is 37.9 Å². The van der Waals surface area contributed by atoms with Gasteiger partial charge in [-0.1, -0.05) is 29.9 Å². The molecule has 16 nitrogen and oxygen atoms in total. The first kappa shape index (κ1) is 42.8. The number of methoxy groups -OCH3 is 8. The summed E-state index contributed by atoms with van der Waals surface area (Å²) in [4.78, 5) is 28.5. The van der Waals surface area contributed by atoms with Gasteiger partial charge < -0.3 is 57.0 Å². The van der Waals surface area contributed by atoms with Gasteiger partial charge in [-0.2, -0.15) is 8.42 Å². The summed E-state index contributed by atoms with van der Waals surface area (Å²) >= 11 is 0. The maximum Gasteiger partial charge on any atom is 0.488 e. The van der Waals surface area contributed by atoms with Crippen LogP contribution in [-0.2, 0) is 20.1 Å². The van der Waals surface area contributed by atoms with Gasteiger partial charge in [-0.3, -0.25) is 9.59 Å². The molecule has 0 radical (unpaired) electrons. The molecule has 18 heteroatoms. The lowest BCUT2D eigenvalue weighted by Crippen LogP contribution is -2.54. The minimum Gasteiger partial charge on any atom is -0.504 e. The number of hydrogen-bond acceptors (Lipinski definition) is 14. The molecule has 4 aromatic rings. The van der Waals surface area contributed by atoms with Crippen molar-refractivity contribution in [1.29, 1.82) is 0 Å². The van der Waals surface area contributed by atoms with Gasteiger partial charge in [0.2, 0.25) is 23.3 Å². The fourth-order valence-corrected chi connectivity index (χ4v) is 7.42. The number of hydrogen-bond donors (Lipinski definition) is 1. The Labute approximate surface area is 335 Å². The maximum atomic E-state index is 13.1. The van der Waals surface area contributed by atoms with E-state index in [0.29, 0.717) is 57.2 Å². The molecule has 58 heavy (non-hydrogen) atoms. The van der Waals surface area contributed by atoms with E-state index in [1.165, 1.54) is 73.9 Å². The third-order valence-corrected chi connectivity index (χ3v) is 10.3. The molecule has 2 aliphatic rings. The molecule has 0 bridgehead atoms. The van der Waals surface area contributed by atoms with Crippen LogP contribution in [0.4, 0.5) is 15.3 Å². The van der Waals surface area contributed by atoms with Crippen molar-refractivity contribution in [2.24, 2.45) is 11.8 Å². The molecule has 4 atom stereocenters. The second kappa shape index (κ2) is 17.5. The minimum absolute atomic E-state index is 0.0235. The van der Waals surface area contributed by atoms with Crippen LogP contribution in [0.2, 0.25) is 0 Å². The monoisotopic (exact) mass is 828 g/mol. The van der Waals surface area contributed by atoms with Crippen molar-refractivity contribution in [3.05, 3.63) is 71.8 Å². The summed E-state index contributed by atoms with van der Waals surface area (Å²) in [5.74, 6) is 1.79. The predicted octanol–water partition coefficient (Wildman–Crippen LogP) is 6.19. The van der Waals surface area contributed by atoms with Gasteiger partial charge in [0.15, 0.2) is 46.0 Å². The number of anilines is 2. The van der Waals surface area contributed by atoms with Crippen molar-refractivity contribution in [2.45, 2.75) is 25.9 Å². The Morgan fingerprint density at radius 2 is 0.879 bits per heavy atom. The molecule has 6 rings (SSSR count). The van der Waals surface area contributed by atoms with E-state index in [9.17, 15) is 27.0 Å². The second-order valence-electron chi connectivity index (χ2n) is 13.0. The summed E-state index contributed by atoms with van der Waals surface area (Å²) in [6.07, 6.45) is 0. The van der Waals surface area contributed by atoms with Gasteiger partial charge >= 0.3 is 10.5 Å². The highest BCUT2D eigenvalue weighted by molar-refractivity contribution is 7.81. The number of amides is 2. The van der Waals surface area contributed by atoms with Gasteiger partial charge in [0.25, 0.3) is 0 Å². The number of carbonyl (C=O) groups is 2. The number of aromatic hydroxyl groups is 1. The zero-order chi connectivity index (χ0) is 42.6. The standard InChI is InChI=1S/C20H22FNO8S.C20H23NO6/c1-11-18(12-6-7-14(26-2)15(8-12)30-31(21,24)25)22(20(11)23)13-9-16(27-3)19(29-5)17(10-13)28-4;1-11-18(12-6-7-15(24-2)14(22)8-12)21(20(11)23)13-9-16(25-3)19(27-5)17(10-13)26-4/h6-11,18H,1-5H3;6-11,18,22H,1-5H3/t2*11-,18+/m00/s1. The van der Waals surface area contributed by atoms with Crippen LogP contribution < -0.4 is 51.9 Å². The first-order valence-electron chi connectivity index (χ1n) is 17.6. The predicted molar refractivity (Wildman–Crippen MR) is 209 cm³/mol. The van der Waals surface area contributed by atoms with Gasteiger partial charge in [-0.05, 0) is 35.4 Å². The Hall–Kier alpha value is -6.30. The molecule has 0 unspecified atom stereocenters. The van der Waals surface area contributed by atoms with Crippen LogP contribution in [0.1, 0.15) is 37.1 Å². The summed E-state index contributed by atoms with van der Waals surface area (Å²) in [7, 11) is 6.50. The zero-order valence-corrected chi connectivity index (χ0v) is 34.3. The number of phenolic OH excluding ortho intramolecular Hbond substituents is 1. The summed E-state index contributed by atoms with van der Waals surface area (Å²) in [5.41, 5.74) is 2.46. The Balaban J connectivity index is 0.000000223. The molecular formula is C40H45FN2O14S. The number of ether oxygens (including phenoxy) is 8. The lowest BCUT2D eigenvalue weighted by atomic mass is 9.83. The average Bonchev–Trinajstić information content (AvgIpc) is 3.22. The van der Waals surface area contributed by atoms with Crippen LogP contribution in [0.3, 0.4) is 0 Å². The molecule has 2 amide bonds. The fourth-order valence-electron chi connectivity index (χ4n) is 7.07. The summed E-state index contributed by atoms with van der Waals surface area (Å²) < 4.78 is 81.8. The van der Waals surface area contributed by atoms with E-state index in [2.05, 4.69) is 4.18 Å². The van der Waals surface area contributed by atoms with Crippen LogP contribution in [0.25, 0.3) is 0 Å². The number of β-lactam (4-membered cyclic amide) rings is 2. The first-order valence-corrected chi connectivity index (χ1v) is 18.9. The largest absolute Gasteiger partial charge is 0.504 e. The second-order valence-corrected chi connectivity index (χ2v) is 13.9. The highest BCUT2D eigenvalue weighted by Gasteiger charge is 2.48. The molecule has 1 N–H and O–H groups in total. The number of nitrogens with zero attached hydrogens (tertiary/aromatic N) is 2. The molecular weight excluding hydrogens is 784 g/mol. The molecule has 312 valence electrons. The van der Waals surface area contributed by atoms with Crippen molar-refractivity contribution in [3.63, 3.8) is 0 Å². The van der Waals surface area contributed by atoms with Crippen molar-refractivity contribution in [3.8, 4) is 57.5 Å². The molecule has 4 aromatic carbocycles. The average molecular weight is 829 g/mol. The first-order chi connectivity index (χ1) is 27.6. The fraction of sp³-hybridized carbons (Fsp3) is 0.350. The summed E-state index contributed by atoms with van der Waals surface area (Å²) in [5, 5.41) is 10.1. The van der Waals surface area contributed by atoms with E-state index < -0.39 is 22.5 Å². The van der Waals surface area contributed by atoms with E-state index in [1.54, 1.807) is 54.3 Å². The van der Waals surface area contributed by atoms with Crippen LogP contribution in [0.5, 0.6) is 57.5 Å². The molecule has 2 saturated heterocycles. The van der Waals surface area contributed by atoms with Crippen molar-refractivity contribution in [2.75, 3.05) is 66.7 Å². The highest BCUT2D eigenvalue weighted by atomic mass is 32.3. The number of phenols is 1. The summed E-state index contributed by atoms with van der Waals surface area (Å²) in [6, 6.07) is 15.6. The highest BCUT2D eigenvalue weighted by Crippen LogP contribution is 2.51. The van der Waals surface area contributed by atoms with Crippen LogP contribution in [-0.4, -0.2) is 82.2 Å². The Morgan fingerprint density at radius 1 is 0.517 bits per heavy atom. The van der Waals surface area contributed by atoms with Gasteiger partial charge in [-0.15, -0.1) is 0 Å². The topological polar surface area (TPSA) is 178 Å². The maximum absolute atomic E-state index is 13.1. The van der Waals surface area contributed by atoms with E-state index in [-0.39, 0.29) is 41.0 Å². The van der Waals surface area contributed by atoms with Crippen molar-refractivity contribution < 1.29 is 69.1 Å². The van der Waals surface area contributed by atoms with Crippen LogP contribution in [0, 0.1) is 11.8 Å². The SMILES string of the molecule is COc1ccc([C@H]2[C@H](C)C(=O)N2c2cc(OC)c(OC)c(OC)c2)cc1O.COc1ccc([C@H]2[C@H](C)C(=O)N2c2cc(OC)c(OC)c(OC)c2)cc1OS(=O)(=O)F. The van der Waals surface area contributed by atoms with Crippen LogP contribution in [0.15, 0.2) is 60.7 Å². The Bertz CT molecular complexity index is 2240. The Morgan fingerprint density at radius 3 is 1.21 bits per heavy atom. The normalized spacial score (nSPS) is 18.5. The lowest BCUT2D eigenvalue weighted by molar-refractivity contribution is -0.130. The smallest absolute Gasteiger partial charge is 0.488 e. The number of halogens is 1. The van der Waals surface area contributed by atoms with E-state index in [1.807, 2.05) is 13.0 Å². The molecule has 0 saturated carbocycles. The minimum atomic E-state index is -5.26. The number of carbonyl (C=O) groups excluding carboxylic acids is 2. The number of rotatable bonds is 14. The van der Waals surface area contributed by atoms with E-state index in [0.717, 1.165) is 5.56 Å². The molecule has 0 aliphatic carbocycles. The van der Waals surface area contributed by atoms with Gasteiger partial charge in [0.05, 0.1) is 92.2 Å². The molecule has 2 heterocycles. The molecule has 2 fully saturated rings. The van der Waals surface area contributed by atoms with Crippen molar-refractivity contribution >= 4 is 33.7 Å². The molecule has 0 spiro atoms.